The van der Waals surface area contributed by atoms with Gasteiger partial charge in [-0.05, 0) is 52.1 Å². The van der Waals surface area contributed by atoms with Crippen molar-refractivity contribution in [1.82, 2.24) is 9.80 Å². The number of fused-ring (bicyclic) bond motifs is 2. The van der Waals surface area contributed by atoms with Crippen LogP contribution in [0.2, 0.25) is 0 Å². The van der Waals surface area contributed by atoms with E-state index in [1.807, 2.05) is 0 Å². The maximum absolute atomic E-state index is 9.65. The molecule has 3 aliphatic rings. The maximum Gasteiger partial charge on any atom is 0.0555 e. The van der Waals surface area contributed by atoms with Crippen molar-refractivity contribution in [3.8, 4) is 0 Å². The lowest BCUT2D eigenvalue weighted by molar-refractivity contribution is 0.142. The first-order valence-corrected chi connectivity index (χ1v) is 6.88. The molecule has 3 fully saturated rings. The molecule has 1 N–H and O–H groups in total. The van der Waals surface area contributed by atoms with Crippen LogP contribution >= 0.6 is 0 Å². The molecule has 1 saturated carbocycles. The van der Waals surface area contributed by atoms with Crippen molar-refractivity contribution in [2.45, 2.75) is 62.8 Å². The number of rotatable bonds is 1. The van der Waals surface area contributed by atoms with E-state index < -0.39 is 0 Å². The van der Waals surface area contributed by atoms with E-state index in [1.165, 1.54) is 38.8 Å². The van der Waals surface area contributed by atoms with E-state index in [1.54, 1.807) is 0 Å². The highest BCUT2D eigenvalue weighted by atomic mass is 16.3. The first-order valence-electron chi connectivity index (χ1n) is 6.88. The average Bonchev–Trinajstić information content (AvgIpc) is 2.74. The Morgan fingerprint density at radius 1 is 0.938 bits per heavy atom. The third-order valence-corrected chi connectivity index (χ3v) is 5.07. The lowest BCUT2D eigenvalue weighted by Gasteiger charge is -2.30. The summed E-state index contributed by atoms with van der Waals surface area (Å²) < 4.78 is 0. The maximum atomic E-state index is 9.65. The number of aliphatic hydroxyl groups excluding tert-OH is 1. The summed E-state index contributed by atoms with van der Waals surface area (Å²) in [5.41, 5.74) is 0. The van der Waals surface area contributed by atoms with Crippen molar-refractivity contribution >= 4 is 0 Å². The van der Waals surface area contributed by atoms with Gasteiger partial charge in [-0.25, -0.2) is 0 Å². The summed E-state index contributed by atoms with van der Waals surface area (Å²) in [5.74, 6) is 0. The molecule has 2 aliphatic heterocycles. The van der Waals surface area contributed by atoms with Crippen LogP contribution in [0.1, 0.15) is 38.5 Å². The second-order valence-corrected chi connectivity index (χ2v) is 5.95. The van der Waals surface area contributed by atoms with Gasteiger partial charge in [0.1, 0.15) is 0 Å². The molecule has 4 unspecified atom stereocenters. The summed E-state index contributed by atoms with van der Waals surface area (Å²) in [5, 5.41) is 9.65. The van der Waals surface area contributed by atoms with Crippen LogP contribution in [0.5, 0.6) is 0 Å². The summed E-state index contributed by atoms with van der Waals surface area (Å²) in [7, 11) is 2.30. The van der Waals surface area contributed by atoms with Gasteiger partial charge in [-0.15, -0.1) is 0 Å². The van der Waals surface area contributed by atoms with Gasteiger partial charge in [-0.1, -0.05) is 0 Å². The van der Waals surface area contributed by atoms with Crippen LogP contribution < -0.4 is 0 Å². The molecular weight excluding hydrogens is 200 g/mol. The predicted octanol–water partition coefficient (Wildman–Crippen LogP) is 1.07. The largest absolute Gasteiger partial charge is 0.393 e. The molecule has 16 heavy (non-hydrogen) atoms. The van der Waals surface area contributed by atoms with Crippen LogP contribution in [0.25, 0.3) is 0 Å². The van der Waals surface area contributed by atoms with E-state index in [9.17, 15) is 5.11 Å². The van der Waals surface area contributed by atoms with Crippen molar-refractivity contribution in [2.75, 3.05) is 20.1 Å². The SMILES string of the molecule is CN1C2CCC1CN(C1CCC(O)C1)CC2. The van der Waals surface area contributed by atoms with Gasteiger partial charge in [-0.2, -0.15) is 0 Å². The molecule has 3 heteroatoms. The second-order valence-electron chi connectivity index (χ2n) is 5.95. The minimum absolute atomic E-state index is 0.0248. The Balaban J connectivity index is 1.65. The Bertz CT molecular complexity index is 258. The lowest BCUT2D eigenvalue weighted by Crippen LogP contribution is -2.41. The fraction of sp³-hybridized carbons (Fsp3) is 1.00. The summed E-state index contributed by atoms with van der Waals surface area (Å²) in [6.45, 7) is 2.49. The molecule has 0 spiro atoms. The third-order valence-electron chi connectivity index (χ3n) is 5.07. The number of hydrogen-bond donors (Lipinski definition) is 1. The van der Waals surface area contributed by atoms with Crippen LogP contribution in [-0.4, -0.2) is 59.3 Å². The van der Waals surface area contributed by atoms with Crippen LogP contribution in [-0.2, 0) is 0 Å². The number of likely N-dealkylation sites (tertiary alicyclic amines) is 1. The molecule has 0 radical (unpaired) electrons. The molecule has 0 aromatic carbocycles. The minimum atomic E-state index is -0.0248. The van der Waals surface area contributed by atoms with Crippen LogP contribution in [0.3, 0.4) is 0 Å². The van der Waals surface area contributed by atoms with Crippen molar-refractivity contribution in [3.05, 3.63) is 0 Å². The predicted molar refractivity (Wildman–Crippen MR) is 64.4 cm³/mol. The molecule has 3 rings (SSSR count). The molecular formula is C13H24N2O. The monoisotopic (exact) mass is 224 g/mol. The number of nitrogens with zero attached hydrogens (tertiary/aromatic N) is 2. The Morgan fingerprint density at radius 2 is 1.69 bits per heavy atom. The van der Waals surface area contributed by atoms with Gasteiger partial charge in [0.15, 0.2) is 0 Å². The lowest BCUT2D eigenvalue weighted by atomic mass is 10.1. The van der Waals surface area contributed by atoms with Gasteiger partial charge in [0.2, 0.25) is 0 Å². The molecule has 1 aliphatic carbocycles. The highest BCUT2D eigenvalue weighted by molar-refractivity contribution is 4.94. The van der Waals surface area contributed by atoms with Gasteiger partial charge in [-0.3, -0.25) is 9.80 Å². The van der Waals surface area contributed by atoms with Gasteiger partial charge in [0.05, 0.1) is 6.10 Å². The summed E-state index contributed by atoms with van der Waals surface area (Å²) >= 11 is 0. The fourth-order valence-electron chi connectivity index (χ4n) is 3.93. The fourth-order valence-corrected chi connectivity index (χ4v) is 3.93. The van der Waals surface area contributed by atoms with E-state index in [0.29, 0.717) is 6.04 Å². The van der Waals surface area contributed by atoms with Gasteiger partial charge in [0, 0.05) is 24.7 Å². The van der Waals surface area contributed by atoms with Crippen molar-refractivity contribution in [3.63, 3.8) is 0 Å². The molecule has 0 amide bonds. The summed E-state index contributed by atoms with van der Waals surface area (Å²) in [6.07, 6.45) is 7.34. The molecule has 0 aromatic heterocycles. The Labute approximate surface area is 98.4 Å². The third kappa shape index (κ3) is 1.89. The van der Waals surface area contributed by atoms with E-state index in [0.717, 1.165) is 24.9 Å². The first-order chi connectivity index (χ1) is 7.74. The van der Waals surface area contributed by atoms with E-state index in [4.69, 9.17) is 0 Å². The van der Waals surface area contributed by atoms with Crippen molar-refractivity contribution in [2.24, 2.45) is 0 Å². The first kappa shape index (κ1) is 11.0. The Morgan fingerprint density at radius 3 is 2.44 bits per heavy atom. The zero-order valence-electron chi connectivity index (χ0n) is 10.3. The van der Waals surface area contributed by atoms with Crippen molar-refractivity contribution in [1.29, 1.82) is 0 Å². The molecule has 2 bridgehead atoms. The van der Waals surface area contributed by atoms with E-state index in [2.05, 4.69) is 16.8 Å². The number of likely N-dealkylation sites (N-methyl/N-ethyl adjacent to an activating group) is 1. The highest BCUT2D eigenvalue weighted by Crippen LogP contribution is 2.32. The highest BCUT2D eigenvalue weighted by Gasteiger charge is 2.38. The molecule has 2 heterocycles. The number of hydrogen-bond acceptors (Lipinski definition) is 3. The van der Waals surface area contributed by atoms with Crippen molar-refractivity contribution < 1.29 is 5.11 Å². The number of aliphatic hydroxyl groups is 1. The zero-order valence-corrected chi connectivity index (χ0v) is 10.3. The molecule has 4 atom stereocenters. The smallest absolute Gasteiger partial charge is 0.0555 e. The van der Waals surface area contributed by atoms with Crippen LogP contribution in [0, 0.1) is 0 Å². The van der Waals surface area contributed by atoms with Gasteiger partial charge < -0.3 is 5.11 Å². The Hall–Kier alpha value is -0.120. The quantitative estimate of drug-likeness (QED) is 0.722. The molecule has 2 saturated heterocycles. The summed E-state index contributed by atoms with van der Waals surface area (Å²) in [4.78, 5) is 5.27. The molecule has 3 nitrogen and oxygen atoms in total. The Kier molecular flexibility index (Phi) is 2.94. The molecule has 92 valence electrons. The average molecular weight is 224 g/mol. The van der Waals surface area contributed by atoms with Crippen LogP contribution in [0.15, 0.2) is 0 Å². The zero-order chi connectivity index (χ0) is 11.1. The van der Waals surface area contributed by atoms with Gasteiger partial charge in [0.25, 0.3) is 0 Å². The van der Waals surface area contributed by atoms with Gasteiger partial charge >= 0.3 is 0 Å². The molecule has 0 aromatic rings. The second kappa shape index (κ2) is 4.28. The minimum Gasteiger partial charge on any atom is -0.393 e. The van der Waals surface area contributed by atoms with E-state index in [-0.39, 0.29) is 6.10 Å². The standard InChI is InChI=1S/C13H24N2O/c1-14-10-2-3-12(14)9-15(7-6-10)11-4-5-13(16)8-11/h10-13,16H,2-9H2,1H3. The topological polar surface area (TPSA) is 26.7 Å². The van der Waals surface area contributed by atoms with Crippen LogP contribution in [0.4, 0.5) is 0 Å². The normalized spacial score (nSPS) is 46.1. The van der Waals surface area contributed by atoms with E-state index >= 15 is 0 Å². The summed E-state index contributed by atoms with van der Waals surface area (Å²) in [6, 6.07) is 2.29.